The average Bonchev–Trinajstić information content (AvgIpc) is 2.85. The van der Waals surface area contributed by atoms with Crippen molar-refractivity contribution in [3.05, 3.63) is 113 Å². The van der Waals surface area contributed by atoms with Crippen LogP contribution in [0.5, 0.6) is 0 Å². The van der Waals surface area contributed by atoms with Crippen LogP contribution in [-0.2, 0) is 21.2 Å². The zero-order valence-corrected chi connectivity index (χ0v) is 18.9. The molecule has 0 aliphatic heterocycles. The van der Waals surface area contributed by atoms with Crippen LogP contribution in [0.4, 0.5) is 5.69 Å². The normalized spacial score (nSPS) is 11.6. The Hall–Kier alpha value is -4.01. The first-order valence-corrected chi connectivity index (χ1v) is 12.0. The lowest BCUT2D eigenvalue weighted by Gasteiger charge is -2.08. The highest BCUT2D eigenvalue weighted by Gasteiger charge is 2.13. The molecule has 1 aromatic heterocycles. The van der Waals surface area contributed by atoms with Gasteiger partial charge in [-0.25, -0.2) is 13.1 Å². The molecule has 0 saturated heterocycles. The first kappa shape index (κ1) is 23.2. The third-order valence-electron chi connectivity index (χ3n) is 5.10. The summed E-state index contributed by atoms with van der Waals surface area (Å²) in [5, 5.41) is 3.07. The fourth-order valence-corrected chi connectivity index (χ4v) is 4.36. The van der Waals surface area contributed by atoms with E-state index < -0.39 is 15.9 Å². The summed E-state index contributed by atoms with van der Waals surface area (Å²) >= 11 is 0. The Kier molecular flexibility index (Phi) is 7.01. The SMILES string of the molecule is O=C(/C=C/c1coc2ccccc2c1=O)Nc1ccc(S(=O)(=O)NCCc2ccccc2)cc1. The van der Waals surface area contributed by atoms with Gasteiger partial charge in [0.1, 0.15) is 11.8 Å². The van der Waals surface area contributed by atoms with E-state index in [9.17, 15) is 18.0 Å². The molecule has 3 aromatic carbocycles. The lowest BCUT2D eigenvalue weighted by Crippen LogP contribution is -2.26. The van der Waals surface area contributed by atoms with E-state index in [0.29, 0.717) is 23.1 Å². The summed E-state index contributed by atoms with van der Waals surface area (Å²) in [5.41, 5.74) is 1.94. The molecule has 4 rings (SSSR count). The Morgan fingerprint density at radius 3 is 2.38 bits per heavy atom. The van der Waals surface area contributed by atoms with Crippen LogP contribution in [0.15, 0.2) is 105 Å². The van der Waals surface area contributed by atoms with Gasteiger partial charge in [-0.1, -0.05) is 42.5 Å². The molecule has 8 heteroatoms. The van der Waals surface area contributed by atoms with Crippen LogP contribution in [0.1, 0.15) is 11.1 Å². The van der Waals surface area contributed by atoms with Gasteiger partial charge in [0.15, 0.2) is 5.43 Å². The fraction of sp³-hybridized carbons (Fsp3) is 0.0769. The molecular weight excluding hydrogens is 452 g/mol. The Balaban J connectivity index is 1.36. The summed E-state index contributed by atoms with van der Waals surface area (Å²) in [4.78, 5) is 24.8. The van der Waals surface area contributed by atoms with Crippen LogP contribution in [0.2, 0.25) is 0 Å². The molecule has 34 heavy (non-hydrogen) atoms. The number of carbonyl (C=O) groups excluding carboxylic acids is 1. The van der Waals surface area contributed by atoms with Crippen LogP contribution in [0.3, 0.4) is 0 Å². The summed E-state index contributed by atoms with van der Waals surface area (Å²) in [5.74, 6) is -0.468. The van der Waals surface area contributed by atoms with Gasteiger partial charge < -0.3 is 9.73 Å². The van der Waals surface area contributed by atoms with Crippen molar-refractivity contribution in [3.8, 4) is 0 Å². The summed E-state index contributed by atoms with van der Waals surface area (Å²) in [6, 6.07) is 22.3. The predicted molar refractivity (Wildman–Crippen MR) is 132 cm³/mol. The number of fused-ring (bicyclic) bond motifs is 1. The molecule has 1 heterocycles. The Bertz CT molecular complexity index is 1490. The van der Waals surface area contributed by atoms with E-state index in [4.69, 9.17) is 4.42 Å². The lowest BCUT2D eigenvalue weighted by molar-refractivity contribution is -0.111. The maximum Gasteiger partial charge on any atom is 0.248 e. The van der Waals surface area contributed by atoms with Crippen LogP contribution < -0.4 is 15.5 Å². The quantitative estimate of drug-likeness (QED) is 0.376. The third kappa shape index (κ3) is 5.67. The van der Waals surface area contributed by atoms with Gasteiger partial charge in [-0.3, -0.25) is 9.59 Å². The lowest BCUT2D eigenvalue weighted by atomic mass is 10.1. The Labute approximate surface area is 196 Å². The minimum atomic E-state index is -3.67. The molecule has 4 aromatic rings. The molecule has 0 fully saturated rings. The summed E-state index contributed by atoms with van der Waals surface area (Å²) < 4.78 is 33.0. The first-order valence-electron chi connectivity index (χ1n) is 10.6. The molecule has 0 radical (unpaired) electrons. The molecular formula is C26H22N2O5S. The number of nitrogens with one attached hydrogen (secondary N) is 2. The number of sulfonamides is 1. The van der Waals surface area contributed by atoms with Crippen molar-refractivity contribution in [2.75, 3.05) is 11.9 Å². The summed E-state index contributed by atoms with van der Waals surface area (Å²) in [6.45, 7) is 0.276. The highest BCUT2D eigenvalue weighted by Crippen LogP contribution is 2.15. The molecule has 7 nitrogen and oxygen atoms in total. The Morgan fingerprint density at radius 1 is 0.912 bits per heavy atom. The maximum atomic E-state index is 12.5. The summed E-state index contributed by atoms with van der Waals surface area (Å²) in [6.07, 6.45) is 4.48. The smallest absolute Gasteiger partial charge is 0.248 e. The maximum absolute atomic E-state index is 12.5. The van der Waals surface area contributed by atoms with Crippen molar-refractivity contribution < 1.29 is 17.6 Å². The average molecular weight is 475 g/mol. The van der Waals surface area contributed by atoms with Crippen molar-refractivity contribution in [1.29, 1.82) is 0 Å². The molecule has 172 valence electrons. The number of para-hydroxylation sites is 1. The second-order valence-electron chi connectivity index (χ2n) is 7.50. The van der Waals surface area contributed by atoms with Gasteiger partial charge in [0.05, 0.1) is 15.8 Å². The van der Waals surface area contributed by atoms with Gasteiger partial charge in [0.25, 0.3) is 0 Å². The molecule has 0 saturated carbocycles. The first-order chi connectivity index (χ1) is 16.4. The van der Waals surface area contributed by atoms with Crippen molar-refractivity contribution in [2.45, 2.75) is 11.3 Å². The van der Waals surface area contributed by atoms with Crippen molar-refractivity contribution in [2.24, 2.45) is 0 Å². The van der Waals surface area contributed by atoms with Gasteiger partial charge in [0.2, 0.25) is 15.9 Å². The van der Waals surface area contributed by atoms with E-state index in [1.165, 1.54) is 42.7 Å². The molecule has 0 atom stereocenters. The second kappa shape index (κ2) is 10.3. The van der Waals surface area contributed by atoms with E-state index in [1.54, 1.807) is 24.3 Å². The van der Waals surface area contributed by atoms with Crippen molar-refractivity contribution in [1.82, 2.24) is 4.72 Å². The zero-order chi connectivity index (χ0) is 24.0. The number of rotatable bonds is 8. The van der Waals surface area contributed by atoms with Crippen molar-refractivity contribution >= 4 is 38.7 Å². The molecule has 0 spiro atoms. The Morgan fingerprint density at radius 2 is 1.62 bits per heavy atom. The van der Waals surface area contributed by atoms with Crippen LogP contribution >= 0.6 is 0 Å². The van der Waals surface area contributed by atoms with Crippen LogP contribution in [-0.4, -0.2) is 20.9 Å². The number of carbonyl (C=O) groups is 1. The minimum Gasteiger partial charge on any atom is -0.463 e. The molecule has 0 aliphatic carbocycles. The van der Waals surface area contributed by atoms with Gasteiger partial charge >= 0.3 is 0 Å². The van der Waals surface area contributed by atoms with E-state index in [-0.39, 0.29) is 22.4 Å². The minimum absolute atomic E-state index is 0.0999. The largest absolute Gasteiger partial charge is 0.463 e. The highest BCUT2D eigenvalue weighted by atomic mass is 32.2. The number of anilines is 1. The number of benzene rings is 3. The van der Waals surface area contributed by atoms with E-state index >= 15 is 0 Å². The number of amides is 1. The molecule has 0 bridgehead atoms. The van der Waals surface area contributed by atoms with E-state index in [1.807, 2.05) is 30.3 Å². The third-order valence-corrected chi connectivity index (χ3v) is 6.58. The van der Waals surface area contributed by atoms with E-state index in [2.05, 4.69) is 10.0 Å². The molecule has 0 aliphatic rings. The number of hydrogen-bond acceptors (Lipinski definition) is 5. The van der Waals surface area contributed by atoms with E-state index in [0.717, 1.165) is 5.56 Å². The molecule has 2 N–H and O–H groups in total. The van der Waals surface area contributed by atoms with Gasteiger partial charge in [-0.15, -0.1) is 0 Å². The van der Waals surface area contributed by atoms with Crippen LogP contribution in [0.25, 0.3) is 17.0 Å². The molecule has 1 amide bonds. The topological polar surface area (TPSA) is 105 Å². The second-order valence-corrected chi connectivity index (χ2v) is 9.26. The zero-order valence-electron chi connectivity index (χ0n) is 18.1. The number of hydrogen-bond donors (Lipinski definition) is 2. The fourth-order valence-electron chi connectivity index (χ4n) is 3.33. The van der Waals surface area contributed by atoms with Crippen molar-refractivity contribution in [3.63, 3.8) is 0 Å². The standard InChI is InChI=1S/C26H22N2O5S/c29-25(15-10-20-18-33-24-9-5-4-8-23(24)26(20)30)28-21-11-13-22(14-12-21)34(31,32)27-17-16-19-6-2-1-3-7-19/h1-15,18,27H,16-17H2,(H,28,29)/b15-10+. The van der Waals surface area contributed by atoms with Gasteiger partial charge in [0, 0.05) is 18.3 Å². The monoisotopic (exact) mass is 474 g/mol. The highest BCUT2D eigenvalue weighted by molar-refractivity contribution is 7.89. The van der Waals surface area contributed by atoms with Gasteiger partial charge in [-0.2, -0.15) is 0 Å². The van der Waals surface area contributed by atoms with Crippen LogP contribution in [0, 0.1) is 0 Å². The predicted octanol–water partition coefficient (Wildman–Crippen LogP) is 3.97. The van der Waals surface area contributed by atoms with Gasteiger partial charge in [-0.05, 0) is 54.5 Å². The molecule has 0 unspecified atom stereocenters. The summed E-state index contributed by atoms with van der Waals surface area (Å²) in [7, 11) is -3.67.